The predicted octanol–water partition coefficient (Wildman–Crippen LogP) is 4.08. The highest BCUT2D eigenvalue weighted by molar-refractivity contribution is 7.93. The van der Waals surface area contributed by atoms with Crippen LogP contribution in [0, 0.1) is 6.92 Å². The van der Waals surface area contributed by atoms with E-state index in [0.29, 0.717) is 27.7 Å². The van der Waals surface area contributed by atoms with E-state index in [-0.39, 0.29) is 22.0 Å². The minimum Gasteiger partial charge on any atom is -0.493 e. The smallest absolute Gasteiger partial charge is 0.264 e. The van der Waals surface area contributed by atoms with E-state index in [0.717, 1.165) is 14.9 Å². The summed E-state index contributed by atoms with van der Waals surface area (Å²) in [6.07, 6.45) is 1.06. The Hall–Kier alpha value is -3.70. The highest BCUT2D eigenvalue weighted by atomic mass is 35.5. The fraction of sp³-hybridized carbons (Fsp3) is 0.231. The molecule has 13 heteroatoms. The third-order valence-electron chi connectivity index (χ3n) is 5.81. The molecule has 0 fully saturated rings. The van der Waals surface area contributed by atoms with Crippen LogP contribution < -0.4 is 23.4 Å². The molecule has 0 heterocycles. The summed E-state index contributed by atoms with van der Waals surface area (Å²) in [6, 6.07) is 15.2. The van der Waals surface area contributed by atoms with Crippen LogP contribution in [0.5, 0.6) is 11.5 Å². The van der Waals surface area contributed by atoms with Gasteiger partial charge in [-0.1, -0.05) is 23.7 Å². The van der Waals surface area contributed by atoms with Gasteiger partial charge in [0.1, 0.15) is 11.6 Å². The molecule has 0 bridgehead atoms. The molecule has 0 aromatic heterocycles. The van der Waals surface area contributed by atoms with Gasteiger partial charge in [-0.25, -0.2) is 21.6 Å². The van der Waals surface area contributed by atoms with E-state index < -0.39 is 26.6 Å². The van der Waals surface area contributed by atoms with Crippen molar-refractivity contribution in [1.29, 1.82) is 0 Å². The number of rotatable bonds is 11. The normalized spacial score (nSPS) is 11.3. The molecule has 0 saturated carbocycles. The molecule has 10 nitrogen and oxygen atoms in total. The zero-order valence-electron chi connectivity index (χ0n) is 21.9. The second-order valence-electron chi connectivity index (χ2n) is 8.45. The van der Waals surface area contributed by atoms with Gasteiger partial charge < -0.3 is 14.8 Å². The van der Waals surface area contributed by atoms with Crippen molar-refractivity contribution in [1.82, 2.24) is 0 Å². The molecule has 3 aromatic carbocycles. The lowest BCUT2D eigenvalue weighted by Gasteiger charge is -2.27. The van der Waals surface area contributed by atoms with Gasteiger partial charge in [-0.3, -0.25) is 8.61 Å². The summed E-state index contributed by atoms with van der Waals surface area (Å²) in [5.74, 6) is 2.32. The number of hydrogen-bond acceptors (Lipinski definition) is 8. The second kappa shape index (κ2) is 12.0. The number of aryl methyl sites for hydroxylation is 1. The zero-order chi connectivity index (χ0) is 29.0. The van der Waals surface area contributed by atoms with Crippen LogP contribution in [0.4, 0.5) is 17.1 Å². The molecule has 0 unspecified atom stereocenters. The van der Waals surface area contributed by atoms with Gasteiger partial charge >= 0.3 is 0 Å². The largest absolute Gasteiger partial charge is 0.493 e. The number of anilines is 3. The minimum atomic E-state index is -4.28. The van der Waals surface area contributed by atoms with Crippen molar-refractivity contribution in [2.45, 2.75) is 11.8 Å². The van der Waals surface area contributed by atoms with E-state index >= 15 is 0 Å². The monoisotopic (exact) mass is 593 g/mol. The number of nitrogens with one attached hydrogen (secondary N) is 1. The van der Waals surface area contributed by atoms with Crippen LogP contribution in [0.2, 0.25) is 5.02 Å². The van der Waals surface area contributed by atoms with E-state index in [4.69, 9.17) is 21.1 Å². The minimum absolute atomic E-state index is 0.110. The Bertz CT molecular complexity index is 1640. The van der Waals surface area contributed by atoms with Gasteiger partial charge in [0, 0.05) is 23.8 Å². The number of carbonyl (C=O) groups excluding carboxylic acids is 1. The number of halogens is 1. The first-order valence-electron chi connectivity index (χ1n) is 11.4. The first-order chi connectivity index (χ1) is 18.3. The van der Waals surface area contributed by atoms with Crippen molar-refractivity contribution in [2.24, 2.45) is 0 Å². The third kappa shape index (κ3) is 6.85. The van der Waals surface area contributed by atoms with Gasteiger partial charge in [0.2, 0.25) is 10.0 Å². The predicted molar refractivity (Wildman–Crippen MR) is 153 cm³/mol. The summed E-state index contributed by atoms with van der Waals surface area (Å²) in [6.45, 7) is 1.28. The van der Waals surface area contributed by atoms with Crippen LogP contribution in [0.1, 0.15) is 5.56 Å². The highest BCUT2D eigenvalue weighted by Gasteiger charge is 2.29. The molecule has 0 aliphatic rings. The molecule has 3 aromatic rings. The van der Waals surface area contributed by atoms with Crippen molar-refractivity contribution in [3.05, 3.63) is 76.9 Å². The fourth-order valence-corrected chi connectivity index (χ4v) is 5.81. The molecule has 0 radical (unpaired) electrons. The molecule has 0 amide bonds. The number of nitrogens with zero attached hydrogens (tertiary/aromatic N) is 2. The molecular formula is C26H28ClN3O7S2. The van der Waals surface area contributed by atoms with Crippen molar-refractivity contribution >= 4 is 54.7 Å². The Morgan fingerprint density at radius 1 is 0.974 bits per heavy atom. The topological polar surface area (TPSA) is 122 Å². The average molecular weight is 594 g/mol. The summed E-state index contributed by atoms with van der Waals surface area (Å²) in [4.78, 5) is 11.9. The Balaban J connectivity index is 2.07. The first-order valence-corrected chi connectivity index (χ1v) is 15.0. The summed E-state index contributed by atoms with van der Waals surface area (Å²) < 4.78 is 64.4. The molecule has 0 spiro atoms. The quantitative estimate of drug-likeness (QED) is 0.330. The molecule has 1 N–H and O–H groups in total. The Morgan fingerprint density at radius 3 is 2.28 bits per heavy atom. The van der Waals surface area contributed by atoms with Gasteiger partial charge in [-0.15, -0.1) is 0 Å². The Kier molecular flexibility index (Phi) is 9.18. The second-order valence-corrected chi connectivity index (χ2v) is 12.8. The summed E-state index contributed by atoms with van der Waals surface area (Å²) in [5, 5.41) is 3.16. The van der Waals surface area contributed by atoms with Crippen LogP contribution in [-0.2, 0) is 24.8 Å². The van der Waals surface area contributed by atoms with Gasteiger partial charge in [-0.2, -0.15) is 0 Å². The number of sulfonamides is 2. The van der Waals surface area contributed by atoms with Crippen LogP contribution in [0.15, 0.2) is 71.3 Å². The van der Waals surface area contributed by atoms with E-state index in [1.807, 2.05) is 0 Å². The van der Waals surface area contributed by atoms with Crippen molar-refractivity contribution in [3.63, 3.8) is 0 Å². The van der Waals surface area contributed by atoms with Crippen molar-refractivity contribution in [2.75, 3.05) is 48.0 Å². The van der Waals surface area contributed by atoms with Crippen LogP contribution >= 0.6 is 11.6 Å². The first kappa shape index (κ1) is 29.9. The SMILES string of the molecule is COc1ccc(S(=O)(=O)N(CC(=C=O)Nc2cccc(N(C)S(C)(=O)=O)c2)c2cc(Cl)ccc2C)cc1OC. The number of methoxy groups -OCH3 is 2. The number of ether oxygens (including phenoxy) is 2. The number of hydrogen-bond donors (Lipinski definition) is 1. The zero-order valence-corrected chi connectivity index (χ0v) is 24.3. The van der Waals surface area contributed by atoms with Gasteiger partial charge in [0.15, 0.2) is 11.5 Å². The van der Waals surface area contributed by atoms with Crippen LogP contribution in [0.25, 0.3) is 0 Å². The van der Waals surface area contributed by atoms with E-state index in [1.54, 1.807) is 43.2 Å². The molecule has 0 saturated heterocycles. The molecule has 0 aliphatic heterocycles. The maximum absolute atomic E-state index is 14.0. The standard InChI is InChI=1S/C26H28ClN3O7S2/c1-18-9-10-19(27)13-24(18)30(39(34,35)23-11-12-25(36-3)26(15-23)37-4)16-21(17-31)28-20-7-6-8-22(14-20)29(2)38(5,32)33/h6-15,28H,16H2,1-5H3. The highest BCUT2D eigenvalue weighted by Crippen LogP contribution is 2.34. The van der Waals surface area contributed by atoms with E-state index in [1.165, 1.54) is 51.6 Å². The Labute approximate surface area is 233 Å². The summed E-state index contributed by atoms with van der Waals surface area (Å²) in [7, 11) is -3.59. The fourth-order valence-electron chi connectivity index (χ4n) is 3.64. The third-order valence-corrected chi connectivity index (χ3v) is 9.01. The molecule has 0 atom stereocenters. The Morgan fingerprint density at radius 2 is 1.67 bits per heavy atom. The lowest BCUT2D eigenvalue weighted by atomic mass is 10.2. The van der Waals surface area contributed by atoms with E-state index in [2.05, 4.69) is 5.32 Å². The molecule has 0 aliphatic carbocycles. The maximum atomic E-state index is 14.0. The van der Waals surface area contributed by atoms with Crippen molar-refractivity contribution in [3.8, 4) is 11.5 Å². The average Bonchev–Trinajstić information content (AvgIpc) is 2.91. The lowest BCUT2D eigenvalue weighted by molar-refractivity contribution is 0.354. The summed E-state index contributed by atoms with van der Waals surface area (Å²) in [5.41, 5.74) is 1.40. The molecule has 208 valence electrons. The maximum Gasteiger partial charge on any atom is 0.264 e. The lowest BCUT2D eigenvalue weighted by Crippen LogP contribution is -2.35. The van der Waals surface area contributed by atoms with Gasteiger partial charge in [0.25, 0.3) is 10.0 Å². The number of benzene rings is 3. The summed E-state index contributed by atoms with van der Waals surface area (Å²) >= 11 is 6.22. The van der Waals surface area contributed by atoms with Crippen molar-refractivity contribution < 1.29 is 31.1 Å². The molecule has 3 rings (SSSR count). The van der Waals surface area contributed by atoms with Crippen LogP contribution in [-0.4, -0.2) is 56.8 Å². The molecular weight excluding hydrogens is 566 g/mol. The van der Waals surface area contributed by atoms with E-state index in [9.17, 15) is 21.6 Å². The van der Waals surface area contributed by atoms with Gasteiger partial charge in [0.05, 0.1) is 43.3 Å². The van der Waals surface area contributed by atoms with Gasteiger partial charge in [-0.05, 0) is 55.0 Å². The molecule has 39 heavy (non-hydrogen) atoms. The van der Waals surface area contributed by atoms with Crippen LogP contribution in [0.3, 0.4) is 0 Å².